The molecule has 0 amide bonds. The Morgan fingerprint density at radius 2 is 1.60 bits per heavy atom. The van der Waals surface area contributed by atoms with Crippen LogP contribution in [0.3, 0.4) is 0 Å². The third-order valence-electron chi connectivity index (χ3n) is 3.42. The highest BCUT2D eigenvalue weighted by Gasteiger charge is 2.17. The predicted molar refractivity (Wildman–Crippen MR) is 82.4 cm³/mol. The van der Waals surface area contributed by atoms with Gasteiger partial charge in [0.05, 0.1) is 19.3 Å². The van der Waals surface area contributed by atoms with Crippen molar-refractivity contribution >= 4 is 0 Å². The van der Waals surface area contributed by atoms with E-state index in [1.54, 1.807) is 0 Å². The molecule has 0 heterocycles. The van der Waals surface area contributed by atoms with Crippen molar-refractivity contribution in [2.75, 3.05) is 13.2 Å². The van der Waals surface area contributed by atoms with E-state index < -0.39 is 6.10 Å². The summed E-state index contributed by atoms with van der Waals surface area (Å²) >= 11 is 0. The van der Waals surface area contributed by atoms with Gasteiger partial charge in [0, 0.05) is 0 Å². The lowest BCUT2D eigenvalue weighted by Gasteiger charge is -2.20. The molecule has 2 atom stereocenters. The monoisotopic (exact) mass is 280 g/mol. The zero-order valence-electron chi connectivity index (χ0n) is 13.2. The van der Waals surface area contributed by atoms with Crippen LogP contribution >= 0.6 is 0 Å². The molecule has 2 unspecified atom stereocenters. The van der Waals surface area contributed by atoms with Crippen molar-refractivity contribution in [3.8, 4) is 11.5 Å². The summed E-state index contributed by atoms with van der Waals surface area (Å²) in [5, 5.41) is 10.3. The third kappa shape index (κ3) is 4.71. The first-order valence-corrected chi connectivity index (χ1v) is 7.71. The number of aliphatic hydroxyl groups excluding tert-OH is 1. The zero-order chi connectivity index (χ0) is 15.0. The van der Waals surface area contributed by atoms with Crippen molar-refractivity contribution in [2.24, 2.45) is 5.92 Å². The Morgan fingerprint density at radius 1 is 1.00 bits per heavy atom. The van der Waals surface area contributed by atoms with Gasteiger partial charge in [-0.2, -0.15) is 0 Å². The van der Waals surface area contributed by atoms with Gasteiger partial charge in [-0.05, 0) is 36.5 Å². The molecule has 1 N–H and O–H groups in total. The van der Waals surface area contributed by atoms with Gasteiger partial charge in [0.15, 0.2) is 11.5 Å². The van der Waals surface area contributed by atoms with Crippen LogP contribution in [-0.2, 0) is 0 Å². The lowest BCUT2D eigenvalue weighted by molar-refractivity contribution is 0.115. The SMILES string of the molecule is CCCOc1ccc(C(O)C(C)CC)cc1OCCC. The summed E-state index contributed by atoms with van der Waals surface area (Å²) in [5.41, 5.74) is 0.898. The molecule has 114 valence electrons. The van der Waals surface area contributed by atoms with E-state index in [9.17, 15) is 5.11 Å². The van der Waals surface area contributed by atoms with Crippen LogP contribution in [0.2, 0.25) is 0 Å². The summed E-state index contributed by atoms with van der Waals surface area (Å²) in [7, 11) is 0. The maximum atomic E-state index is 10.3. The fourth-order valence-corrected chi connectivity index (χ4v) is 1.92. The standard InChI is InChI=1S/C17H28O3/c1-5-10-19-15-9-8-14(17(18)13(4)7-3)12-16(15)20-11-6-2/h8-9,12-13,17-18H,5-7,10-11H2,1-4H3. The Labute approximate surface area is 122 Å². The quantitative estimate of drug-likeness (QED) is 0.731. The third-order valence-corrected chi connectivity index (χ3v) is 3.42. The first kappa shape index (κ1) is 16.8. The largest absolute Gasteiger partial charge is 0.490 e. The number of aliphatic hydroxyl groups is 1. The van der Waals surface area contributed by atoms with E-state index in [1.165, 1.54) is 0 Å². The highest BCUT2D eigenvalue weighted by Crippen LogP contribution is 2.33. The minimum atomic E-state index is -0.454. The Bertz CT molecular complexity index is 390. The van der Waals surface area contributed by atoms with Crippen LogP contribution in [-0.4, -0.2) is 18.3 Å². The Morgan fingerprint density at radius 3 is 2.15 bits per heavy atom. The van der Waals surface area contributed by atoms with Gasteiger partial charge < -0.3 is 14.6 Å². The average Bonchev–Trinajstić information content (AvgIpc) is 2.49. The van der Waals surface area contributed by atoms with Gasteiger partial charge in [0.2, 0.25) is 0 Å². The number of rotatable bonds is 9. The highest BCUT2D eigenvalue weighted by molar-refractivity contribution is 5.43. The number of benzene rings is 1. The van der Waals surface area contributed by atoms with Crippen LogP contribution in [0.1, 0.15) is 58.6 Å². The summed E-state index contributed by atoms with van der Waals surface area (Å²) in [5.74, 6) is 1.73. The molecule has 1 aromatic rings. The van der Waals surface area contributed by atoms with Crippen molar-refractivity contribution in [3.05, 3.63) is 23.8 Å². The second kappa shape index (κ2) is 8.85. The fourth-order valence-electron chi connectivity index (χ4n) is 1.92. The molecule has 0 aromatic heterocycles. The molecule has 0 fully saturated rings. The molecule has 3 nitrogen and oxygen atoms in total. The maximum absolute atomic E-state index is 10.3. The molecule has 0 aliphatic rings. The van der Waals surface area contributed by atoms with E-state index >= 15 is 0 Å². The minimum Gasteiger partial charge on any atom is -0.490 e. The van der Waals surface area contributed by atoms with Gasteiger partial charge in [-0.25, -0.2) is 0 Å². The van der Waals surface area contributed by atoms with Crippen molar-refractivity contribution < 1.29 is 14.6 Å². The van der Waals surface area contributed by atoms with Gasteiger partial charge in [0.1, 0.15) is 0 Å². The topological polar surface area (TPSA) is 38.7 Å². The van der Waals surface area contributed by atoms with Gasteiger partial charge in [-0.1, -0.05) is 40.2 Å². The van der Waals surface area contributed by atoms with E-state index in [0.29, 0.717) is 13.2 Å². The Kier molecular flexibility index (Phi) is 7.45. The molecule has 3 heteroatoms. The lowest BCUT2D eigenvalue weighted by atomic mass is 9.95. The van der Waals surface area contributed by atoms with Crippen LogP contribution in [0, 0.1) is 5.92 Å². The second-order valence-corrected chi connectivity index (χ2v) is 5.23. The predicted octanol–water partition coefficient (Wildman–Crippen LogP) is 4.34. The molecule has 0 bridgehead atoms. The Hall–Kier alpha value is -1.22. The van der Waals surface area contributed by atoms with Crippen molar-refractivity contribution in [3.63, 3.8) is 0 Å². The molecular weight excluding hydrogens is 252 g/mol. The molecule has 0 radical (unpaired) electrons. The molecule has 20 heavy (non-hydrogen) atoms. The first-order valence-electron chi connectivity index (χ1n) is 7.71. The van der Waals surface area contributed by atoms with Crippen molar-refractivity contribution in [2.45, 2.75) is 53.1 Å². The molecule has 0 spiro atoms. The van der Waals surface area contributed by atoms with Crippen molar-refractivity contribution in [1.29, 1.82) is 0 Å². The van der Waals surface area contributed by atoms with Crippen LogP contribution in [0.25, 0.3) is 0 Å². The molecule has 0 aliphatic carbocycles. The minimum absolute atomic E-state index is 0.233. The number of hydrogen-bond donors (Lipinski definition) is 1. The van der Waals surface area contributed by atoms with Crippen LogP contribution in [0.4, 0.5) is 0 Å². The number of hydrogen-bond acceptors (Lipinski definition) is 3. The highest BCUT2D eigenvalue weighted by atomic mass is 16.5. The van der Waals surface area contributed by atoms with E-state index in [-0.39, 0.29) is 5.92 Å². The van der Waals surface area contributed by atoms with E-state index in [2.05, 4.69) is 27.7 Å². The second-order valence-electron chi connectivity index (χ2n) is 5.23. The van der Waals surface area contributed by atoms with Gasteiger partial charge in [-0.15, -0.1) is 0 Å². The van der Waals surface area contributed by atoms with E-state index in [1.807, 2.05) is 18.2 Å². The normalized spacial score (nSPS) is 13.8. The lowest BCUT2D eigenvalue weighted by Crippen LogP contribution is -2.09. The molecule has 0 aliphatic heterocycles. The van der Waals surface area contributed by atoms with Crippen LogP contribution < -0.4 is 9.47 Å². The van der Waals surface area contributed by atoms with Gasteiger partial charge in [-0.3, -0.25) is 0 Å². The summed E-state index contributed by atoms with van der Waals surface area (Å²) in [6, 6.07) is 5.75. The molecular formula is C17H28O3. The summed E-state index contributed by atoms with van der Waals surface area (Å²) in [6.45, 7) is 9.62. The average molecular weight is 280 g/mol. The molecule has 0 saturated carbocycles. The van der Waals surface area contributed by atoms with E-state index in [0.717, 1.165) is 36.3 Å². The molecule has 1 aromatic carbocycles. The maximum Gasteiger partial charge on any atom is 0.161 e. The van der Waals surface area contributed by atoms with Gasteiger partial charge in [0.25, 0.3) is 0 Å². The number of ether oxygens (including phenoxy) is 2. The fraction of sp³-hybridized carbons (Fsp3) is 0.647. The van der Waals surface area contributed by atoms with Crippen molar-refractivity contribution in [1.82, 2.24) is 0 Å². The van der Waals surface area contributed by atoms with Crippen LogP contribution in [0.15, 0.2) is 18.2 Å². The molecule has 1 rings (SSSR count). The Balaban J connectivity index is 2.93. The van der Waals surface area contributed by atoms with E-state index in [4.69, 9.17) is 9.47 Å². The smallest absolute Gasteiger partial charge is 0.161 e. The zero-order valence-corrected chi connectivity index (χ0v) is 13.2. The first-order chi connectivity index (χ1) is 9.63. The summed E-state index contributed by atoms with van der Waals surface area (Å²) in [4.78, 5) is 0. The summed E-state index contributed by atoms with van der Waals surface area (Å²) < 4.78 is 11.4. The summed E-state index contributed by atoms with van der Waals surface area (Å²) in [6.07, 6.45) is 2.40. The van der Waals surface area contributed by atoms with Crippen LogP contribution in [0.5, 0.6) is 11.5 Å². The molecule has 0 saturated heterocycles. The van der Waals surface area contributed by atoms with Gasteiger partial charge >= 0.3 is 0 Å².